The highest BCUT2D eigenvalue weighted by molar-refractivity contribution is 6.04. The third-order valence-electron chi connectivity index (χ3n) is 7.28. The van der Waals surface area contributed by atoms with Gasteiger partial charge in [0, 0.05) is 30.5 Å². The minimum atomic E-state index is -0.595. The Morgan fingerprint density at radius 3 is 2.07 bits per heavy atom. The highest BCUT2D eigenvalue weighted by atomic mass is 16.5. The third kappa shape index (κ3) is 8.31. The second-order valence-electron chi connectivity index (χ2n) is 11.6. The summed E-state index contributed by atoms with van der Waals surface area (Å²) < 4.78 is 17.9. The summed E-state index contributed by atoms with van der Waals surface area (Å²) in [7, 11) is 0. The van der Waals surface area contributed by atoms with Crippen molar-refractivity contribution in [2.75, 3.05) is 0 Å². The molecule has 0 fully saturated rings. The van der Waals surface area contributed by atoms with Crippen molar-refractivity contribution < 1.29 is 28.6 Å². The molecular weight excluding hydrogens is 528 g/mol. The van der Waals surface area contributed by atoms with Crippen molar-refractivity contribution in [1.82, 2.24) is 0 Å². The maximum atomic E-state index is 13.8. The van der Waals surface area contributed by atoms with E-state index in [1.165, 1.54) is 25.0 Å². The lowest BCUT2D eigenvalue weighted by molar-refractivity contribution is -0.132. The molecule has 0 radical (unpaired) electrons. The van der Waals surface area contributed by atoms with Crippen LogP contribution in [-0.2, 0) is 22.4 Å². The highest BCUT2D eigenvalue weighted by Crippen LogP contribution is 2.45. The fourth-order valence-electron chi connectivity index (χ4n) is 5.13. The molecule has 0 unspecified atom stereocenters. The van der Waals surface area contributed by atoms with Crippen LogP contribution in [-0.4, -0.2) is 17.7 Å². The number of carbonyl (C=O) groups is 3. The van der Waals surface area contributed by atoms with Gasteiger partial charge in [0.05, 0.1) is 6.42 Å². The summed E-state index contributed by atoms with van der Waals surface area (Å²) in [4.78, 5) is 37.9. The molecule has 0 amide bonds. The van der Waals surface area contributed by atoms with Gasteiger partial charge in [-0.3, -0.25) is 14.4 Å². The number of hydrogen-bond donors (Lipinski definition) is 0. The smallest absolute Gasteiger partial charge is 0.308 e. The first-order valence-electron chi connectivity index (χ1n) is 14.6. The van der Waals surface area contributed by atoms with Gasteiger partial charge in [0.25, 0.3) is 0 Å². The fourth-order valence-corrected chi connectivity index (χ4v) is 5.13. The predicted molar refractivity (Wildman–Crippen MR) is 167 cm³/mol. The molecule has 1 atom stereocenters. The number of ether oxygens (including phenoxy) is 3. The van der Waals surface area contributed by atoms with E-state index in [4.69, 9.17) is 14.2 Å². The first-order chi connectivity index (χ1) is 19.8. The van der Waals surface area contributed by atoms with Crippen LogP contribution in [0, 0.1) is 13.8 Å². The number of Topliss-reactive ketones (excluding diaryl/α,β-unsaturated/α-hetero) is 1. The molecule has 0 aromatic heterocycles. The number of ketones is 1. The highest BCUT2D eigenvalue weighted by Gasteiger charge is 2.35. The molecule has 1 heterocycles. The van der Waals surface area contributed by atoms with Gasteiger partial charge >= 0.3 is 11.9 Å². The van der Waals surface area contributed by atoms with Crippen molar-refractivity contribution in [1.29, 1.82) is 0 Å². The molecule has 224 valence electrons. The minimum absolute atomic E-state index is 0.0608. The van der Waals surface area contributed by atoms with Crippen LogP contribution >= 0.6 is 0 Å². The number of allylic oxidation sites excluding steroid dienone is 6. The molecule has 42 heavy (non-hydrogen) atoms. The van der Waals surface area contributed by atoms with E-state index in [0.717, 1.165) is 46.2 Å². The molecule has 6 nitrogen and oxygen atoms in total. The van der Waals surface area contributed by atoms with Crippen LogP contribution in [0.15, 0.2) is 53.1 Å². The van der Waals surface area contributed by atoms with Crippen molar-refractivity contribution in [3.63, 3.8) is 0 Å². The quantitative estimate of drug-likeness (QED) is 0.161. The van der Waals surface area contributed by atoms with Crippen molar-refractivity contribution in [2.45, 2.75) is 101 Å². The molecule has 0 aliphatic carbocycles. The molecule has 1 aliphatic heterocycles. The van der Waals surface area contributed by atoms with E-state index < -0.39 is 18.0 Å². The summed E-state index contributed by atoms with van der Waals surface area (Å²) in [6.45, 7) is 16.8. The van der Waals surface area contributed by atoms with Gasteiger partial charge in [-0.05, 0) is 91.3 Å². The second-order valence-corrected chi connectivity index (χ2v) is 11.6. The molecule has 2 aromatic rings. The maximum absolute atomic E-state index is 13.8. The molecule has 0 bridgehead atoms. The van der Waals surface area contributed by atoms with Gasteiger partial charge < -0.3 is 14.2 Å². The Kier molecular flexibility index (Phi) is 11.1. The van der Waals surface area contributed by atoms with Gasteiger partial charge in [-0.15, -0.1) is 0 Å². The second kappa shape index (κ2) is 14.3. The van der Waals surface area contributed by atoms with Gasteiger partial charge in [0.15, 0.2) is 5.78 Å². The molecule has 0 spiro atoms. The summed E-state index contributed by atoms with van der Waals surface area (Å²) in [6, 6.07) is 5.70. The van der Waals surface area contributed by atoms with Crippen LogP contribution < -0.4 is 14.2 Å². The summed E-state index contributed by atoms with van der Waals surface area (Å²) in [5.74, 6) is 0.110. The van der Waals surface area contributed by atoms with Crippen LogP contribution in [0.5, 0.6) is 17.2 Å². The van der Waals surface area contributed by atoms with Crippen LogP contribution in [0.3, 0.4) is 0 Å². The van der Waals surface area contributed by atoms with E-state index in [-0.39, 0.29) is 18.0 Å². The van der Waals surface area contributed by atoms with Crippen LogP contribution in [0.2, 0.25) is 0 Å². The zero-order chi connectivity index (χ0) is 31.1. The van der Waals surface area contributed by atoms with Gasteiger partial charge in [-0.2, -0.15) is 0 Å². The Labute approximate surface area is 250 Å². The molecule has 1 aliphatic rings. The van der Waals surface area contributed by atoms with E-state index in [9.17, 15) is 14.4 Å². The Hall–Kier alpha value is -3.93. The van der Waals surface area contributed by atoms with Gasteiger partial charge in [0.2, 0.25) is 0 Å². The number of hydrogen-bond acceptors (Lipinski definition) is 6. The van der Waals surface area contributed by atoms with Gasteiger partial charge in [-0.25, -0.2) is 0 Å². The topological polar surface area (TPSA) is 78.9 Å². The van der Waals surface area contributed by atoms with Crippen LogP contribution in [0.25, 0.3) is 0 Å². The number of fused-ring (bicyclic) bond motifs is 1. The largest absolute Gasteiger partial charge is 0.484 e. The van der Waals surface area contributed by atoms with Crippen LogP contribution in [0.4, 0.5) is 0 Å². The Bertz CT molecular complexity index is 1460. The van der Waals surface area contributed by atoms with E-state index in [1.807, 2.05) is 52.0 Å². The number of benzene rings is 2. The van der Waals surface area contributed by atoms with Crippen LogP contribution in [0.1, 0.15) is 112 Å². The molecular formula is C36H44O6. The number of rotatable bonds is 10. The summed E-state index contributed by atoms with van der Waals surface area (Å²) in [5.41, 5.74) is 8.06. The van der Waals surface area contributed by atoms with Crippen molar-refractivity contribution in [2.24, 2.45) is 0 Å². The van der Waals surface area contributed by atoms with E-state index in [2.05, 4.69) is 32.9 Å². The molecule has 0 saturated heterocycles. The Morgan fingerprint density at radius 1 is 0.833 bits per heavy atom. The molecule has 0 saturated carbocycles. The molecule has 2 aromatic carbocycles. The monoisotopic (exact) mass is 572 g/mol. The molecule has 6 heteroatoms. The first-order valence-corrected chi connectivity index (χ1v) is 14.6. The Morgan fingerprint density at radius 2 is 1.45 bits per heavy atom. The summed E-state index contributed by atoms with van der Waals surface area (Å²) in [6.07, 6.45) is 8.83. The number of carbonyl (C=O) groups excluding carboxylic acids is 3. The van der Waals surface area contributed by atoms with Crippen molar-refractivity contribution in [3.8, 4) is 17.2 Å². The van der Waals surface area contributed by atoms with Gasteiger partial charge in [0.1, 0.15) is 28.9 Å². The van der Waals surface area contributed by atoms with Crippen molar-refractivity contribution in [3.05, 3.63) is 86.5 Å². The minimum Gasteiger partial charge on any atom is -0.484 e. The van der Waals surface area contributed by atoms with Gasteiger partial charge in [-0.1, -0.05) is 47.1 Å². The average Bonchev–Trinajstić information content (AvgIpc) is 2.87. The zero-order valence-corrected chi connectivity index (χ0v) is 26.5. The molecule has 0 N–H and O–H groups in total. The SMILES string of the molecule is CC(=O)Oc1c(C)ccc([C@@H]2CC(=O)c3c(cc(C)c(CC=C(C)C)c3OC(C)=O)O2)c1C/C=C(\C)CCC=C(C)C. The average molecular weight is 573 g/mol. The Balaban J connectivity index is 2.09. The fraction of sp³-hybridized carbons (Fsp3) is 0.417. The normalized spacial score (nSPS) is 14.5. The lowest BCUT2D eigenvalue weighted by Gasteiger charge is -2.30. The van der Waals surface area contributed by atoms with E-state index >= 15 is 0 Å². The lowest BCUT2D eigenvalue weighted by Crippen LogP contribution is -2.24. The molecule has 3 rings (SSSR count). The lowest BCUT2D eigenvalue weighted by atomic mass is 9.88. The van der Waals surface area contributed by atoms with E-state index in [0.29, 0.717) is 29.9 Å². The standard InChI is InChI=1S/C36H44O6/c1-21(2)11-10-12-23(5)14-17-30-29(18-15-24(6)35(30)40-26(8)37)32-20-31(39)34-33(42-32)19-25(7)28(16-13-22(3)4)36(34)41-27(9)38/h11,13-15,18-19,32H,10,12,16-17,20H2,1-9H3/b23-14+/t32-/m0/s1. The first kappa shape index (κ1) is 32.6. The maximum Gasteiger partial charge on any atom is 0.308 e. The summed E-state index contributed by atoms with van der Waals surface area (Å²) >= 11 is 0. The van der Waals surface area contributed by atoms with Crippen molar-refractivity contribution >= 4 is 17.7 Å². The number of aryl methyl sites for hydroxylation is 2. The van der Waals surface area contributed by atoms with E-state index in [1.54, 1.807) is 0 Å². The zero-order valence-electron chi connectivity index (χ0n) is 26.5. The predicted octanol–water partition coefficient (Wildman–Crippen LogP) is 8.60. The number of esters is 2. The third-order valence-corrected chi connectivity index (χ3v) is 7.28. The summed E-state index contributed by atoms with van der Waals surface area (Å²) in [5, 5.41) is 0.